The highest BCUT2D eigenvalue weighted by Crippen LogP contribution is 2.30. The molecule has 0 amide bonds. The Hall–Kier alpha value is -3.07. The second kappa shape index (κ2) is 6.34. The highest BCUT2D eigenvalue weighted by atomic mass is 32.2. The zero-order valence-electron chi connectivity index (χ0n) is 13.4. The Labute approximate surface area is 147 Å². The summed E-state index contributed by atoms with van der Waals surface area (Å²) in [6.07, 6.45) is 1.27. The third-order valence-corrected chi connectivity index (χ3v) is 5.38. The summed E-state index contributed by atoms with van der Waals surface area (Å²) in [5.41, 5.74) is 0.0298. The van der Waals surface area contributed by atoms with Gasteiger partial charge in [-0.1, -0.05) is 6.07 Å². The molecule has 0 bridgehead atoms. The number of hydrogen-bond donors (Lipinski definition) is 0. The molecule has 9 heteroatoms. The molecular formula is C17H12F2N2O4S. The molecule has 0 spiro atoms. The SMILES string of the molecule is Cc1cc(-c2ccc(F)cc2F)n(S(=O)(=O)c2cccc([N+](=O)[O-])c2)c1. The molecule has 0 unspecified atom stereocenters. The number of hydrogen-bond acceptors (Lipinski definition) is 4. The number of aromatic nitrogens is 1. The van der Waals surface area contributed by atoms with Crippen molar-refractivity contribution in [3.63, 3.8) is 0 Å². The van der Waals surface area contributed by atoms with Gasteiger partial charge in [0, 0.05) is 30.0 Å². The molecule has 0 aliphatic rings. The number of halogens is 2. The van der Waals surface area contributed by atoms with Gasteiger partial charge in [-0.25, -0.2) is 21.2 Å². The van der Waals surface area contributed by atoms with Crippen LogP contribution in [0.15, 0.2) is 59.6 Å². The van der Waals surface area contributed by atoms with Crippen LogP contribution in [0.2, 0.25) is 0 Å². The van der Waals surface area contributed by atoms with Crippen molar-refractivity contribution in [3.05, 3.63) is 82.0 Å². The van der Waals surface area contributed by atoms with E-state index in [1.807, 2.05) is 0 Å². The molecule has 2 aromatic carbocycles. The summed E-state index contributed by atoms with van der Waals surface area (Å²) in [6, 6.07) is 8.80. The van der Waals surface area contributed by atoms with Gasteiger partial charge in [-0.05, 0) is 36.8 Å². The summed E-state index contributed by atoms with van der Waals surface area (Å²) in [5.74, 6) is -1.71. The van der Waals surface area contributed by atoms with E-state index in [1.165, 1.54) is 30.5 Å². The Morgan fingerprint density at radius 3 is 2.46 bits per heavy atom. The van der Waals surface area contributed by atoms with E-state index >= 15 is 0 Å². The number of non-ortho nitro benzene ring substituents is 1. The van der Waals surface area contributed by atoms with Crippen LogP contribution in [-0.2, 0) is 10.0 Å². The molecule has 0 aliphatic carbocycles. The van der Waals surface area contributed by atoms with Crippen LogP contribution >= 0.6 is 0 Å². The standard InChI is InChI=1S/C17H12F2N2O4S/c1-11-7-17(15-6-5-12(18)8-16(15)19)20(10-11)26(24,25)14-4-2-3-13(9-14)21(22)23/h2-10H,1H3. The fraction of sp³-hybridized carbons (Fsp3) is 0.0588. The minimum absolute atomic E-state index is 0.00786. The lowest BCUT2D eigenvalue weighted by atomic mass is 10.1. The number of nitro benzene ring substituents is 1. The van der Waals surface area contributed by atoms with Gasteiger partial charge < -0.3 is 0 Å². The molecule has 134 valence electrons. The van der Waals surface area contributed by atoms with Crippen LogP contribution in [0, 0.1) is 28.7 Å². The van der Waals surface area contributed by atoms with E-state index in [0.29, 0.717) is 11.6 Å². The zero-order chi connectivity index (χ0) is 19.1. The van der Waals surface area contributed by atoms with Crippen LogP contribution in [0.25, 0.3) is 11.3 Å². The molecule has 0 N–H and O–H groups in total. The molecule has 3 rings (SSSR count). The number of benzene rings is 2. The van der Waals surface area contributed by atoms with E-state index < -0.39 is 26.6 Å². The van der Waals surface area contributed by atoms with E-state index in [1.54, 1.807) is 6.92 Å². The maximum absolute atomic E-state index is 14.1. The van der Waals surface area contributed by atoms with E-state index in [2.05, 4.69) is 0 Å². The van der Waals surface area contributed by atoms with E-state index in [9.17, 15) is 27.3 Å². The van der Waals surface area contributed by atoms with Crippen LogP contribution in [0.1, 0.15) is 5.56 Å². The molecule has 1 heterocycles. The minimum atomic E-state index is -4.23. The van der Waals surface area contributed by atoms with Crippen molar-refractivity contribution in [3.8, 4) is 11.3 Å². The summed E-state index contributed by atoms with van der Waals surface area (Å²) in [5, 5.41) is 10.9. The number of nitro groups is 1. The summed E-state index contributed by atoms with van der Waals surface area (Å²) >= 11 is 0. The van der Waals surface area contributed by atoms with E-state index in [-0.39, 0.29) is 21.8 Å². The van der Waals surface area contributed by atoms with Crippen LogP contribution < -0.4 is 0 Å². The first-order chi connectivity index (χ1) is 12.2. The number of nitrogens with zero attached hydrogens (tertiary/aromatic N) is 2. The van der Waals surface area contributed by atoms with E-state index in [0.717, 1.165) is 22.2 Å². The van der Waals surface area contributed by atoms with Gasteiger partial charge in [0.25, 0.3) is 15.7 Å². The molecule has 6 nitrogen and oxygen atoms in total. The Balaban J connectivity index is 2.21. The van der Waals surface area contributed by atoms with Gasteiger partial charge in [0.2, 0.25) is 0 Å². The predicted molar refractivity (Wildman–Crippen MR) is 90.2 cm³/mol. The van der Waals surface area contributed by atoms with Crippen molar-refractivity contribution in [1.82, 2.24) is 3.97 Å². The van der Waals surface area contributed by atoms with Gasteiger partial charge in [-0.2, -0.15) is 0 Å². The number of aryl methyl sites for hydroxylation is 1. The molecule has 0 saturated heterocycles. The predicted octanol–water partition coefficient (Wildman–Crippen LogP) is 3.89. The average molecular weight is 378 g/mol. The lowest BCUT2D eigenvalue weighted by molar-refractivity contribution is -0.385. The van der Waals surface area contributed by atoms with Crippen LogP contribution in [-0.4, -0.2) is 17.3 Å². The van der Waals surface area contributed by atoms with Crippen molar-refractivity contribution in [2.75, 3.05) is 0 Å². The highest BCUT2D eigenvalue weighted by Gasteiger charge is 2.24. The van der Waals surface area contributed by atoms with Gasteiger partial charge in [0.05, 0.1) is 15.5 Å². The second-order valence-corrected chi connectivity index (χ2v) is 7.40. The van der Waals surface area contributed by atoms with E-state index in [4.69, 9.17) is 0 Å². The van der Waals surface area contributed by atoms with Crippen LogP contribution in [0.3, 0.4) is 0 Å². The summed E-state index contributed by atoms with van der Waals surface area (Å²) in [7, 11) is -4.23. The van der Waals surface area contributed by atoms with Crippen molar-refractivity contribution in [2.45, 2.75) is 11.8 Å². The topological polar surface area (TPSA) is 82.2 Å². The molecule has 1 aromatic heterocycles. The lowest BCUT2D eigenvalue weighted by Gasteiger charge is -2.11. The normalized spacial score (nSPS) is 11.5. The minimum Gasteiger partial charge on any atom is -0.258 e. The summed E-state index contributed by atoms with van der Waals surface area (Å²) in [6.45, 7) is 1.62. The maximum atomic E-state index is 14.1. The largest absolute Gasteiger partial charge is 0.270 e. The molecule has 0 fully saturated rings. The Morgan fingerprint density at radius 1 is 1.08 bits per heavy atom. The van der Waals surface area contributed by atoms with Crippen LogP contribution in [0.5, 0.6) is 0 Å². The fourth-order valence-corrected chi connectivity index (χ4v) is 4.00. The zero-order valence-corrected chi connectivity index (χ0v) is 14.2. The first-order valence-corrected chi connectivity index (χ1v) is 8.78. The third kappa shape index (κ3) is 3.08. The van der Waals surface area contributed by atoms with Crippen molar-refractivity contribution >= 4 is 15.7 Å². The molecule has 0 saturated carbocycles. The van der Waals surface area contributed by atoms with Crippen LogP contribution in [0.4, 0.5) is 14.5 Å². The smallest absolute Gasteiger partial charge is 0.258 e. The Bertz CT molecular complexity index is 1120. The Morgan fingerprint density at radius 2 is 1.81 bits per heavy atom. The quantitative estimate of drug-likeness (QED) is 0.509. The van der Waals surface area contributed by atoms with Gasteiger partial charge in [0.15, 0.2) is 0 Å². The van der Waals surface area contributed by atoms with Gasteiger partial charge in [-0.3, -0.25) is 10.1 Å². The van der Waals surface area contributed by atoms with Gasteiger partial charge in [-0.15, -0.1) is 0 Å². The fourth-order valence-electron chi connectivity index (χ4n) is 2.53. The molecular weight excluding hydrogens is 366 g/mol. The van der Waals surface area contributed by atoms with Crippen molar-refractivity contribution in [1.29, 1.82) is 0 Å². The second-order valence-electron chi connectivity index (χ2n) is 5.58. The first-order valence-electron chi connectivity index (χ1n) is 7.34. The molecule has 0 atom stereocenters. The Kier molecular flexibility index (Phi) is 4.33. The molecule has 0 aliphatic heterocycles. The molecule has 3 aromatic rings. The average Bonchev–Trinajstić information content (AvgIpc) is 2.97. The first kappa shape index (κ1) is 17.7. The van der Waals surface area contributed by atoms with Gasteiger partial charge in [0.1, 0.15) is 11.6 Å². The summed E-state index contributed by atoms with van der Waals surface area (Å²) < 4.78 is 54.0. The van der Waals surface area contributed by atoms with Crippen molar-refractivity contribution < 1.29 is 22.1 Å². The lowest BCUT2D eigenvalue weighted by Crippen LogP contribution is -2.13. The maximum Gasteiger partial charge on any atom is 0.270 e. The van der Waals surface area contributed by atoms with Gasteiger partial charge >= 0.3 is 0 Å². The van der Waals surface area contributed by atoms with Crippen molar-refractivity contribution in [2.24, 2.45) is 0 Å². The molecule has 26 heavy (non-hydrogen) atoms. The summed E-state index contributed by atoms with van der Waals surface area (Å²) in [4.78, 5) is 9.88. The number of rotatable bonds is 4. The highest BCUT2D eigenvalue weighted by molar-refractivity contribution is 7.90. The monoisotopic (exact) mass is 378 g/mol. The third-order valence-electron chi connectivity index (χ3n) is 3.72. The molecule has 0 radical (unpaired) electrons.